The second-order valence-corrected chi connectivity index (χ2v) is 5.48. The molecule has 2 amide bonds. The number of unbranched alkanes of at least 4 members (excludes halogenated alkanes) is 1. The van der Waals surface area contributed by atoms with Crippen molar-refractivity contribution in [3.63, 3.8) is 0 Å². The van der Waals surface area contributed by atoms with E-state index < -0.39 is 5.91 Å². The fourth-order valence-corrected chi connectivity index (χ4v) is 2.08. The second-order valence-electron chi connectivity index (χ2n) is 5.48. The Labute approximate surface area is 145 Å². The van der Waals surface area contributed by atoms with E-state index in [9.17, 15) is 14.0 Å². The van der Waals surface area contributed by atoms with Crippen molar-refractivity contribution >= 4 is 23.7 Å². The first-order chi connectivity index (χ1) is 12.1. The molecule has 0 spiro atoms. The minimum absolute atomic E-state index is 0.0428. The van der Waals surface area contributed by atoms with Crippen LogP contribution in [0.25, 0.3) is 0 Å². The van der Waals surface area contributed by atoms with Crippen molar-refractivity contribution in [1.29, 1.82) is 0 Å². The van der Waals surface area contributed by atoms with Crippen molar-refractivity contribution in [1.82, 2.24) is 5.43 Å². The van der Waals surface area contributed by atoms with E-state index in [1.807, 2.05) is 6.92 Å². The van der Waals surface area contributed by atoms with Crippen molar-refractivity contribution < 1.29 is 14.0 Å². The van der Waals surface area contributed by atoms with Crippen molar-refractivity contribution in [2.75, 3.05) is 5.32 Å². The van der Waals surface area contributed by atoms with E-state index in [2.05, 4.69) is 15.8 Å². The third-order valence-corrected chi connectivity index (χ3v) is 3.42. The van der Waals surface area contributed by atoms with E-state index in [1.165, 1.54) is 18.3 Å². The molecule has 0 bridgehead atoms. The summed E-state index contributed by atoms with van der Waals surface area (Å²) in [4.78, 5) is 23.6. The van der Waals surface area contributed by atoms with Gasteiger partial charge in [-0.3, -0.25) is 9.59 Å². The van der Waals surface area contributed by atoms with Crippen LogP contribution in [0.5, 0.6) is 0 Å². The molecule has 0 saturated heterocycles. The monoisotopic (exact) mass is 341 g/mol. The number of hydrogen-bond donors (Lipinski definition) is 2. The first-order valence-corrected chi connectivity index (χ1v) is 8.07. The van der Waals surface area contributed by atoms with Crippen LogP contribution >= 0.6 is 0 Å². The van der Waals surface area contributed by atoms with Gasteiger partial charge in [-0.1, -0.05) is 25.5 Å². The zero-order valence-electron chi connectivity index (χ0n) is 14.0. The molecular formula is C19H20FN3O2. The van der Waals surface area contributed by atoms with Crippen molar-refractivity contribution in [3.8, 4) is 0 Å². The van der Waals surface area contributed by atoms with Crippen LogP contribution in [0.2, 0.25) is 0 Å². The van der Waals surface area contributed by atoms with Gasteiger partial charge in [0.2, 0.25) is 5.91 Å². The molecule has 0 aromatic heterocycles. The second kappa shape index (κ2) is 9.32. The molecule has 0 atom stereocenters. The molecule has 0 heterocycles. The molecule has 2 aromatic rings. The summed E-state index contributed by atoms with van der Waals surface area (Å²) >= 11 is 0. The summed E-state index contributed by atoms with van der Waals surface area (Å²) in [5.74, 6) is -0.804. The maximum atomic E-state index is 13.0. The Morgan fingerprint density at radius 3 is 2.60 bits per heavy atom. The van der Waals surface area contributed by atoms with Gasteiger partial charge in [0.1, 0.15) is 5.82 Å². The Kier molecular flexibility index (Phi) is 6.83. The van der Waals surface area contributed by atoms with E-state index >= 15 is 0 Å². The van der Waals surface area contributed by atoms with Crippen molar-refractivity contribution in [2.45, 2.75) is 26.2 Å². The number of amides is 2. The summed E-state index contributed by atoms with van der Waals surface area (Å²) in [6.45, 7) is 2.03. The average molecular weight is 341 g/mol. The molecule has 5 nitrogen and oxygen atoms in total. The van der Waals surface area contributed by atoms with E-state index in [-0.39, 0.29) is 11.7 Å². The lowest BCUT2D eigenvalue weighted by Gasteiger charge is -2.05. The Hall–Kier alpha value is -3.02. The molecule has 0 aliphatic carbocycles. The van der Waals surface area contributed by atoms with Crippen molar-refractivity contribution in [3.05, 3.63) is 65.5 Å². The number of hydrogen-bond acceptors (Lipinski definition) is 3. The highest BCUT2D eigenvalue weighted by Crippen LogP contribution is 2.10. The highest BCUT2D eigenvalue weighted by Gasteiger charge is 2.06. The molecule has 25 heavy (non-hydrogen) atoms. The number of benzene rings is 2. The topological polar surface area (TPSA) is 70.6 Å². The van der Waals surface area contributed by atoms with Gasteiger partial charge >= 0.3 is 0 Å². The third kappa shape index (κ3) is 6.18. The lowest BCUT2D eigenvalue weighted by atomic mass is 10.2. The zero-order chi connectivity index (χ0) is 18.1. The molecule has 0 saturated carbocycles. The van der Waals surface area contributed by atoms with Gasteiger partial charge in [0.15, 0.2) is 0 Å². The summed E-state index contributed by atoms with van der Waals surface area (Å²) in [7, 11) is 0. The van der Waals surface area contributed by atoms with E-state index in [1.54, 1.807) is 36.4 Å². The Bertz CT molecular complexity index is 758. The number of rotatable bonds is 7. The number of hydrazone groups is 1. The first-order valence-electron chi connectivity index (χ1n) is 8.07. The minimum Gasteiger partial charge on any atom is -0.326 e. The number of nitrogens with zero attached hydrogens (tertiary/aromatic N) is 1. The molecule has 6 heteroatoms. The predicted molar refractivity (Wildman–Crippen MR) is 96.1 cm³/mol. The summed E-state index contributed by atoms with van der Waals surface area (Å²) in [5, 5.41) is 6.58. The lowest BCUT2D eigenvalue weighted by molar-refractivity contribution is -0.116. The molecular weight excluding hydrogens is 321 g/mol. The van der Waals surface area contributed by atoms with Gasteiger partial charge in [-0.15, -0.1) is 0 Å². The molecule has 2 N–H and O–H groups in total. The number of carbonyl (C=O) groups is 2. The van der Waals surface area contributed by atoms with E-state index in [0.717, 1.165) is 12.8 Å². The lowest BCUT2D eigenvalue weighted by Crippen LogP contribution is -2.17. The fourth-order valence-electron chi connectivity index (χ4n) is 2.08. The molecule has 2 rings (SSSR count). The van der Waals surface area contributed by atoms with Gasteiger partial charge in [0.25, 0.3) is 5.91 Å². The van der Waals surface area contributed by atoms with E-state index in [4.69, 9.17) is 0 Å². The number of halogens is 1. The summed E-state index contributed by atoms with van der Waals surface area (Å²) < 4.78 is 13.0. The fraction of sp³-hybridized carbons (Fsp3) is 0.211. The molecule has 0 fully saturated rings. The molecule has 2 aromatic carbocycles. The van der Waals surface area contributed by atoms with Gasteiger partial charge in [-0.2, -0.15) is 5.10 Å². The summed E-state index contributed by atoms with van der Waals surface area (Å²) in [6.07, 6.45) is 3.65. The summed E-state index contributed by atoms with van der Waals surface area (Å²) in [5.41, 5.74) is 3.97. The first kappa shape index (κ1) is 18.3. The predicted octanol–water partition coefficient (Wildman–Crippen LogP) is 3.72. The quantitative estimate of drug-likeness (QED) is 0.595. The van der Waals surface area contributed by atoms with Crippen LogP contribution < -0.4 is 10.7 Å². The Morgan fingerprint density at radius 1 is 1.16 bits per heavy atom. The number of nitrogens with one attached hydrogen (secondary N) is 2. The Morgan fingerprint density at radius 2 is 1.92 bits per heavy atom. The standard InChI is InChI=1S/C19H20FN3O2/c1-2-3-7-18(24)22-17-10-8-15(9-11-17)19(25)23-21-13-14-5-4-6-16(20)12-14/h4-6,8-13H,2-3,7H2,1H3,(H,22,24)(H,23,25)/b21-13+. The van der Waals surface area contributed by atoms with Crippen LogP contribution in [0.1, 0.15) is 42.1 Å². The van der Waals surface area contributed by atoms with Gasteiger partial charge in [0, 0.05) is 17.7 Å². The third-order valence-electron chi connectivity index (χ3n) is 3.42. The zero-order valence-corrected chi connectivity index (χ0v) is 14.0. The maximum Gasteiger partial charge on any atom is 0.271 e. The number of carbonyl (C=O) groups excluding carboxylic acids is 2. The SMILES string of the molecule is CCCCC(=O)Nc1ccc(C(=O)N/N=C/c2cccc(F)c2)cc1. The smallest absolute Gasteiger partial charge is 0.271 e. The maximum absolute atomic E-state index is 13.0. The molecule has 0 radical (unpaired) electrons. The average Bonchev–Trinajstić information content (AvgIpc) is 2.60. The van der Waals surface area contributed by atoms with Crippen molar-refractivity contribution in [2.24, 2.45) is 5.10 Å². The Balaban J connectivity index is 1.88. The molecule has 0 unspecified atom stereocenters. The van der Waals surface area contributed by atoms with Crippen LogP contribution in [0, 0.1) is 5.82 Å². The van der Waals surface area contributed by atoms with Gasteiger partial charge in [0.05, 0.1) is 6.21 Å². The largest absolute Gasteiger partial charge is 0.326 e. The van der Waals surface area contributed by atoms with Crippen LogP contribution in [0.15, 0.2) is 53.6 Å². The number of anilines is 1. The van der Waals surface area contributed by atoms with Gasteiger partial charge in [-0.25, -0.2) is 9.82 Å². The molecule has 0 aliphatic heterocycles. The van der Waals surface area contributed by atoms with Crippen LogP contribution in [0.4, 0.5) is 10.1 Å². The molecule has 130 valence electrons. The van der Waals surface area contributed by atoms with Crippen LogP contribution in [-0.2, 0) is 4.79 Å². The van der Waals surface area contributed by atoms with Crippen LogP contribution in [-0.4, -0.2) is 18.0 Å². The van der Waals surface area contributed by atoms with Crippen LogP contribution in [0.3, 0.4) is 0 Å². The highest BCUT2D eigenvalue weighted by molar-refractivity contribution is 5.96. The van der Waals surface area contributed by atoms with Gasteiger partial charge in [-0.05, 0) is 48.4 Å². The molecule has 0 aliphatic rings. The normalized spacial score (nSPS) is 10.6. The van der Waals surface area contributed by atoms with E-state index in [0.29, 0.717) is 23.2 Å². The summed E-state index contributed by atoms with van der Waals surface area (Å²) in [6, 6.07) is 12.4. The minimum atomic E-state index is -0.392. The highest BCUT2D eigenvalue weighted by atomic mass is 19.1. The van der Waals surface area contributed by atoms with Gasteiger partial charge < -0.3 is 5.32 Å².